The first-order chi connectivity index (χ1) is 8.40. The van der Waals surface area contributed by atoms with Gasteiger partial charge in [-0.15, -0.1) is 0 Å². The van der Waals surface area contributed by atoms with Crippen molar-refractivity contribution in [3.63, 3.8) is 0 Å². The lowest BCUT2D eigenvalue weighted by molar-refractivity contribution is 0.574. The number of hydrogen-bond acceptors (Lipinski definition) is 3. The summed E-state index contributed by atoms with van der Waals surface area (Å²) in [5.74, 6) is 0.892. The SMILES string of the molecule is CC(C)c1ccc(S(=O)(=O)CC(N)C2CC2)cc1. The van der Waals surface area contributed by atoms with Crippen LogP contribution in [0.25, 0.3) is 0 Å². The topological polar surface area (TPSA) is 60.2 Å². The van der Waals surface area contributed by atoms with Gasteiger partial charge < -0.3 is 5.73 Å². The summed E-state index contributed by atoms with van der Waals surface area (Å²) >= 11 is 0. The first kappa shape index (κ1) is 13.6. The normalized spacial score (nSPS) is 18.0. The van der Waals surface area contributed by atoms with Crippen LogP contribution in [-0.4, -0.2) is 20.2 Å². The highest BCUT2D eigenvalue weighted by molar-refractivity contribution is 7.91. The van der Waals surface area contributed by atoms with Crippen LogP contribution in [0.4, 0.5) is 0 Å². The van der Waals surface area contributed by atoms with Crippen molar-refractivity contribution in [2.75, 3.05) is 5.75 Å². The molecule has 1 atom stereocenters. The van der Waals surface area contributed by atoms with E-state index in [0.717, 1.165) is 18.4 Å². The maximum absolute atomic E-state index is 12.2. The van der Waals surface area contributed by atoms with Gasteiger partial charge in [0.05, 0.1) is 10.6 Å². The Morgan fingerprint density at radius 2 is 1.78 bits per heavy atom. The van der Waals surface area contributed by atoms with E-state index in [9.17, 15) is 8.42 Å². The molecule has 4 heteroatoms. The highest BCUT2D eigenvalue weighted by Gasteiger charge is 2.32. The van der Waals surface area contributed by atoms with Crippen LogP contribution >= 0.6 is 0 Å². The molecule has 1 aromatic carbocycles. The van der Waals surface area contributed by atoms with Crippen molar-refractivity contribution in [1.29, 1.82) is 0 Å². The molecule has 1 aliphatic carbocycles. The molecule has 0 heterocycles. The molecule has 0 saturated heterocycles. The van der Waals surface area contributed by atoms with E-state index < -0.39 is 9.84 Å². The molecule has 1 saturated carbocycles. The molecule has 1 aromatic rings. The van der Waals surface area contributed by atoms with E-state index in [1.165, 1.54) is 0 Å². The third-order valence-corrected chi connectivity index (χ3v) is 5.36. The Kier molecular flexibility index (Phi) is 3.78. The zero-order valence-corrected chi connectivity index (χ0v) is 11.8. The van der Waals surface area contributed by atoms with E-state index >= 15 is 0 Å². The summed E-state index contributed by atoms with van der Waals surface area (Å²) < 4.78 is 24.4. The van der Waals surface area contributed by atoms with E-state index in [-0.39, 0.29) is 11.8 Å². The summed E-state index contributed by atoms with van der Waals surface area (Å²) in [5, 5.41) is 0. The quantitative estimate of drug-likeness (QED) is 0.890. The van der Waals surface area contributed by atoms with Gasteiger partial charge in [0.2, 0.25) is 0 Å². The summed E-state index contributed by atoms with van der Waals surface area (Å²) in [6, 6.07) is 6.97. The average Bonchev–Trinajstić information content (AvgIpc) is 3.12. The van der Waals surface area contributed by atoms with Gasteiger partial charge in [-0.05, 0) is 42.4 Å². The number of sulfone groups is 1. The van der Waals surface area contributed by atoms with Crippen LogP contribution in [0, 0.1) is 5.92 Å². The molecule has 0 amide bonds. The lowest BCUT2D eigenvalue weighted by Crippen LogP contribution is -2.31. The van der Waals surface area contributed by atoms with Crippen molar-refractivity contribution in [2.45, 2.75) is 43.5 Å². The lowest BCUT2D eigenvalue weighted by atomic mass is 10.0. The second-order valence-electron chi connectivity index (χ2n) is 5.51. The summed E-state index contributed by atoms with van der Waals surface area (Å²) in [6.45, 7) is 4.18. The first-order valence-corrected chi connectivity index (χ1v) is 8.13. The average molecular weight is 267 g/mol. The van der Waals surface area contributed by atoms with Crippen molar-refractivity contribution in [1.82, 2.24) is 0 Å². The third kappa shape index (κ3) is 3.12. The molecule has 0 aliphatic heterocycles. The van der Waals surface area contributed by atoms with Gasteiger partial charge in [0.25, 0.3) is 0 Å². The van der Waals surface area contributed by atoms with Crippen molar-refractivity contribution in [2.24, 2.45) is 11.7 Å². The van der Waals surface area contributed by atoms with Crippen LogP contribution in [0.5, 0.6) is 0 Å². The Morgan fingerprint density at radius 3 is 2.22 bits per heavy atom. The molecule has 3 nitrogen and oxygen atoms in total. The van der Waals surface area contributed by atoms with Gasteiger partial charge in [-0.3, -0.25) is 0 Å². The molecule has 1 unspecified atom stereocenters. The zero-order chi connectivity index (χ0) is 13.3. The van der Waals surface area contributed by atoms with Crippen molar-refractivity contribution >= 4 is 9.84 Å². The molecular formula is C14H21NO2S. The minimum atomic E-state index is -3.23. The molecule has 18 heavy (non-hydrogen) atoms. The largest absolute Gasteiger partial charge is 0.327 e. The van der Waals surface area contributed by atoms with Crippen molar-refractivity contribution in [3.05, 3.63) is 29.8 Å². The third-order valence-electron chi connectivity index (χ3n) is 3.55. The molecule has 0 spiro atoms. The molecular weight excluding hydrogens is 246 g/mol. The zero-order valence-electron chi connectivity index (χ0n) is 11.0. The highest BCUT2D eigenvalue weighted by atomic mass is 32.2. The molecule has 100 valence electrons. The number of rotatable bonds is 5. The molecule has 2 rings (SSSR count). The summed E-state index contributed by atoms with van der Waals surface area (Å²) in [5.41, 5.74) is 7.05. The molecule has 0 radical (unpaired) electrons. The monoisotopic (exact) mass is 267 g/mol. The second kappa shape index (κ2) is 5.02. The Balaban J connectivity index is 2.13. The van der Waals surface area contributed by atoms with Gasteiger partial charge in [-0.1, -0.05) is 26.0 Å². The number of hydrogen-bond donors (Lipinski definition) is 1. The van der Waals surface area contributed by atoms with Crippen molar-refractivity contribution < 1.29 is 8.42 Å². The smallest absolute Gasteiger partial charge is 0.179 e. The summed E-state index contributed by atoms with van der Waals surface area (Å²) in [6.07, 6.45) is 2.14. The fourth-order valence-electron chi connectivity index (χ4n) is 2.07. The molecule has 1 fully saturated rings. The van der Waals surface area contributed by atoms with E-state index in [1.807, 2.05) is 12.1 Å². The Morgan fingerprint density at radius 1 is 1.22 bits per heavy atom. The maximum Gasteiger partial charge on any atom is 0.179 e. The highest BCUT2D eigenvalue weighted by Crippen LogP contribution is 2.32. The fourth-order valence-corrected chi connectivity index (χ4v) is 3.59. The predicted octanol–water partition coefficient (Wildman–Crippen LogP) is 2.32. The van der Waals surface area contributed by atoms with E-state index in [2.05, 4.69) is 13.8 Å². The van der Waals surface area contributed by atoms with E-state index in [0.29, 0.717) is 16.7 Å². The van der Waals surface area contributed by atoms with Crippen LogP contribution < -0.4 is 5.73 Å². The van der Waals surface area contributed by atoms with Crippen LogP contribution in [0.2, 0.25) is 0 Å². The lowest BCUT2D eigenvalue weighted by Gasteiger charge is -2.12. The van der Waals surface area contributed by atoms with Crippen LogP contribution in [-0.2, 0) is 9.84 Å². The van der Waals surface area contributed by atoms with Crippen molar-refractivity contribution in [3.8, 4) is 0 Å². The van der Waals surface area contributed by atoms with Gasteiger partial charge in [-0.25, -0.2) is 8.42 Å². The van der Waals surface area contributed by atoms with Crippen LogP contribution in [0.3, 0.4) is 0 Å². The Labute approximate surface area is 109 Å². The van der Waals surface area contributed by atoms with Gasteiger partial charge in [0.1, 0.15) is 0 Å². The van der Waals surface area contributed by atoms with E-state index in [1.54, 1.807) is 12.1 Å². The fraction of sp³-hybridized carbons (Fsp3) is 0.571. The van der Waals surface area contributed by atoms with Gasteiger partial charge in [-0.2, -0.15) is 0 Å². The maximum atomic E-state index is 12.2. The van der Waals surface area contributed by atoms with Crippen LogP contribution in [0.1, 0.15) is 38.2 Å². The standard InChI is InChI=1S/C14H21NO2S/c1-10(2)11-5-7-13(8-6-11)18(16,17)9-14(15)12-3-4-12/h5-8,10,12,14H,3-4,9,15H2,1-2H3. The summed E-state index contributed by atoms with van der Waals surface area (Å²) in [7, 11) is -3.23. The predicted molar refractivity (Wildman–Crippen MR) is 73.3 cm³/mol. The molecule has 0 aromatic heterocycles. The van der Waals surface area contributed by atoms with Gasteiger partial charge in [0.15, 0.2) is 9.84 Å². The Hall–Kier alpha value is -0.870. The summed E-state index contributed by atoms with van der Waals surface area (Å²) in [4.78, 5) is 0.392. The van der Waals surface area contributed by atoms with E-state index in [4.69, 9.17) is 5.73 Å². The first-order valence-electron chi connectivity index (χ1n) is 6.48. The molecule has 2 N–H and O–H groups in total. The Bertz CT molecular complexity index is 501. The number of nitrogens with two attached hydrogens (primary N) is 1. The van der Waals surface area contributed by atoms with Gasteiger partial charge >= 0.3 is 0 Å². The molecule has 0 bridgehead atoms. The second-order valence-corrected chi connectivity index (χ2v) is 7.54. The van der Waals surface area contributed by atoms with Crippen LogP contribution in [0.15, 0.2) is 29.2 Å². The minimum absolute atomic E-state index is 0.0681. The molecule has 1 aliphatic rings. The number of benzene rings is 1. The van der Waals surface area contributed by atoms with Gasteiger partial charge in [0, 0.05) is 6.04 Å². The minimum Gasteiger partial charge on any atom is -0.327 e.